The van der Waals surface area contributed by atoms with Crippen molar-refractivity contribution in [3.63, 3.8) is 0 Å². The maximum atomic E-state index is 6.13. The van der Waals surface area contributed by atoms with Crippen LogP contribution in [0.5, 0.6) is 0 Å². The summed E-state index contributed by atoms with van der Waals surface area (Å²) >= 11 is 0. The Hall–Kier alpha value is -1.87. The van der Waals surface area contributed by atoms with Crippen LogP contribution in [-0.2, 0) is 6.54 Å². The predicted molar refractivity (Wildman–Crippen MR) is 79.2 cm³/mol. The fourth-order valence-corrected chi connectivity index (χ4v) is 3.00. The van der Waals surface area contributed by atoms with Crippen molar-refractivity contribution in [2.45, 2.75) is 19.9 Å². The van der Waals surface area contributed by atoms with Crippen molar-refractivity contribution in [3.8, 4) is 0 Å². The Morgan fingerprint density at radius 3 is 2.48 bits per heavy atom. The number of hydrogen-bond acceptors (Lipinski definition) is 1. The second-order valence-corrected chi connectivity index (χ2v) is 5.30. The van der Waals surface area contributed by atoms with Gasteiger partial charge in [0.15, 0.2) is 6.54 Å². The molecule has 2 heterocycles. The topological polar surface area (TPSA) is 17.0 Å². The van der Waals surface area contributed by atoms with E-state index in [4.69, 9.17) is 4.42 Å². The van der Waals surface area contributed by atoms with Gasteiger partial charge in [-0.25, -0.2) is 0 Å². The third-order valence-corrected chi connectivity index (χ3v) is 4.02. The summed E-state index contributed by atoms with van der Waals surface area (Å²) in [5.41, 5.74) is 6.02. The fourth-order valence-electron chi connectivity index (χ4n) is 3.00. The van der Waals surface area contributed by atoms with Gasteiger partial charge in [0.2, 0.25) is 5.58 Å². The first kappa shape index (κ1) is 14.1. The third kappa shape index (κ3) is 2.22. The zero-order valence-electron chi connectivity index (χ0n) is 11.8. The zero-order chi connectivity index (χ0) is 13.5. The molecule has 4 rings (SSSR count). The Morgan fingerprint density at radius 1 is 0.952 bits per heavy atom. The summed E-state index contributed by atoms with van der Waals surface area (Å²) in [5, 5.41) is 0. The number of hydrogen-bond donors (Lipinski definition) is 0. The number of para-hydroxylation sites is 2. The van der Waals surface area contributed by atoms with Gasteiger partial charge in [-0.1, -0.05) is 42.5 Å². The number of halogens is 1. The average Bonchev–Trinajstić information content (AvgIpc) is 2.86. The minimum atomic E-state index is 0. The normalized spacial score (nSPS) is 14.0. The molecule has 3 aromatic rings. The molecule has 21 heavy (non-hydrogen) atoms. The molecular weight excluding hydrogens is 326 g/mol. The lowest BCUT2D eigenvalue weighted by molar-refractivity contribution is -0.679. The number of aromatic nitrogens is 1. The molecule has 0 amide bonds. The quantitative estimate of drug-likeness (QED) is 0.602. The molecule has 1 aliphatic heterocycles. The molecule has 3 heteroatoms. The first-order chi connectivity index (χ1) is 9.84. The second kappa shape index (κ2) is 5.49. The molecule has 0 radical (unpaired) electrons. The maximum absolute atomic E-state index is 6.13. The van der Waals surface area contributed by atoms with E-state index in [0.29, 0.717) is 0 Å². The zero-order valence-corrected chi connectivity index (χ0v) is 13.4. The molecule has 0 N–H and O–H groups in total. The Kier molecular flexibility index (Phi) is 3.68. The molecule has 0 unspecified atom stereocenters. The first-order valence-electron chi connectivity index (χ1n) is 7.01. The Bertz CT molecular complexity index is 818. The van der Waals surface area contributed by atoms with E-state index < -0.39 is 0 Å². The fraction of sp³-hybridized carbons (Fsp3) is 0.167. The number of allylic oxidation sites excluding steroid dienone is 1. The van der Waals surface area contributed by atoms with Gasteiger partial charge in [0.05, 0.1) is 5.57 Å². The van der Waals surface area contributed by atoms with Gasteiger partial charge in [0.1, 0.15) is 0 Å². The summed E-state index contributed by atoms with van der Waals surface area (Å²) in [6.07, 6.45) is 1.07. The minimum Gasteiger partial charge on any atom is -1.00 e. The van der Waals surface area contributed by atoms with Crippen LogP contribution >= 0.6 is 0 Å². The Labute approximate surface area is 134 Å². The molecule has 0 aliphatic carbocycles. The highest BCUT2D eigenvalue weighted by atomic mass is 79.9. The van der Waals surface area contributed by atoms with Crippen LogP contribution < -0.4 is 21.5 Å². The van der Waals surface area contributed by atoms with Gasteiger partial charge in [-0.2, -0.15) is 4.57 Å². The van der Waals surface area contributed by atoms with Gasteiger partial charge in [0.25, 0.3) is 5.52 Å². The first-order valence-corrected chi connectivity index (χ1v) is 7.01. The monoisotopic (exact) mass is 341 g/mol. The van der Waals surface area contributed by atoms with E-state index in [9.17, 15) is 0 Å². The highest BCUT2D eigenvalue weighted by Gasteiger charge is 2.31. The van der Waals surface area contributed by atoms with Crippen LogP contribution in [0, 0.1) is 0 Å². The van der Waals surface area contributed by atoms with Crippen molar-refractivity contribution < 1.29 is 26.0 Å². The predicted octanol–water partition coefficient (Wildman–Crippen LogP) is 0.950. The number of rotatable bonds is 1. The van der Waals surface area contributed by atoms with Gasteiger partial charge in [-0.05, 0) is 24.1 Å². The van der Waals surface area contributed by atoms with Gasteiger partial charge in [-0.15, -0.1) is 0 Å². The Morgan fingerprint density at radius 2 is 1.67 bits per heavy atom. The van der Waals surface area contributed by atoms with Crippen molar-refractivity contribution in [3.05, 3.63) is 71.6 Å². The molecule has 0 saturated carbocycles. The van der Waals surface area contributed by atoms with Crippen molar-refractivity contribution in [1.29, 1.82) is 0 Å². The van der Waals surface area contributed by atoms with Gasteiger partial charge in [0, 0.05) is 12.5 Å². The van der Waals surface area contributed by atoms with Gasteiger partial charge in [-0.3, -0.25) is 0 Å². The molecule has 0 bridgehead atoms. The van der Waals surface area contributed by atoms with Crippen molar-refractivity contribution >= 4 is 16.7 Å². The molecule has 0 atom stereocenters. The van der Waals surface area contributed by atoms with Crippen LogP contribution in [-0.4, -0.2) is 0 Å². The summed E-state index contributed by atoms with van der Waals surface area (Å²) in [6, 6.07) is 18.8. The summed E-state index contributed by atoms with van der Waals surface area (Å²) in [4.78, 5) is 0. The number of oxazole rings is 1. The van der Waals surface area contributed by atoms with Crippen molar-refractivity contribution in [1.82, 2.24) is 0 Å². The maximum Gasteiger partial charge on any atom is 0.382 e. The van der Waals surface area contributed by atoms with Crippen LogP contribution in [0.25, 0.3) is 16.7 Å². The van der Waals surface area contributed by atoms with Gasteiger partial charge >= 0.3 is 5.89 Å². The highest BCUT2D eigenvalue weighted by molar-refractivity contribution is 5.80. The van der Waals surface area contributed by atoms with Crippen LogP contribution in [0.15, 0.2) is 64.6 Å². The summed E-state index contributed by atoms with van der Waals surface area (Å²) in [5.74, 6) is 0.987. The standard InChI is InChI=1S/C18H16NO.BrH/c1-13-11-12-19-15-9-5-6-10-16(15)20-18(19)17(13)14-7-3-2-4-8-14;/h2-10H,11-12H2,1H3;1H/q+1;/p-1. The molecule has 1 aromatic heterocycles. The molecular formula is C18H16BrNO. The van der Waals surface area contributed by atoms with E-state index >= 15 is 0 Å². The number of fused-ring (bicyclic) bond motifs is 3. The van der Waals surface area contributed by atoms with Crippen molar-refractivity contribution in [2.75, 3.05) is 0 Å². The smallest absolute Gasteiger partial charge is 0.382 e. The van der Waals surface area contributed by atoms with E-state index in [1.54, 1.807) is 0 Å². The summed E-state index contributed by atoms with van der Waals surface area (Å²) < 4.78 is 8.43. The number of aryl methyl sites for hydroxylation is 1. The molecule has 0 saturated heterocycles. The van der Waals surface area contributed by atoms with Crippen LogP contribution in [0.3, 0.4) is 0 Å². The van der Waals surface area contributed by atoms with Crippen LogP contribution in [0.1, 0.15) is 24.8 Å². The molecule has 0 spiro atoms. The summed E-state index contributed by atoms with van der Waals surface area (Å²) in [7, 11) is 0. The second-order valence-electron chi connectivity index (χ2n) is 5.30. The highest BCUT2D eigenvalue weighted by Crippen LogP contribution is 2.32. The molecule has 106 valence electrons. The minimum absolute atomic E-state index is 0. The van der Waals surface area contributed by atoms with E-state index in [-0.39, 0.29) is 17.0 Å². The largest absolute Gasteiger partial charge is 1.00 e. The van der Waals surface area contributed by atoms with Gasteiger partial charge < -0.3 is 21.4 Å². The lowest BCUT2D eigenvalue weighted by Gasteiger charge is -2.12. The van der Waals surface area contributed by atoms with E-state index in [0.717, 1.165) is 24.4 Å². The number of nitrogens with zero attached hydrogens (tertiary/aromatic N) is 1. The average molecular weight is 342 g/mol. The molecule has 2 aromatic carbocycles. The van der Waals surface area contributed by atoms with E-state index in [2.05, 4.69) is 54.0 Å². The Balaban J connectivity index is 0.00000132. The molecule has 2 nitrogen and oxygen atoms in total. The van der Waals surface area contributed by atoms with Crippen LogP contribution in [0.2, 0.25) is 0 Å². The third-order valence-electron chi connectivity index (χ3n) is 4.02. The molecule has 0 fully saturated rings. The SMILES string of the molecule is CC1=C(c2ccccc2)c2oc3ccccc3[n+]2CC1.[Br-]. The number of benzene rings is 2. The lowest BCUT2D eigenvalue weighted by atomic mass is 9.96. The molecule has 1 aliphatic rings. The van der Waals surface area contributed by atoms with Crippen LogP contribution in [0.4, 0.5) is 0 Å². The van der Waals surface area contributed by atoms with Crippen molar-refractivity contribution in [2.24, 2.45) is 0 Å². The van der Waals surface area contributed by atoms with E-state index in [1.807, 2.05) is 12.1 Å². The summed E-state index contributed by atoms with van der Waals surface area (Å²) in [6.45, 7) is 3.20. The van der Waals surface area contributed by atoms with E-state index in [1.165, 1.54) is 22.2 Å². The lowest BCUT2D eigenvalue weighted by Crippen LogP contribution is -3.00.